The molecule has 2 amide bonds. The molecule has 1 rings (SSSR count). The molecular formula is C15H24N2O2. The van der Waals surface area contributed by atoms with E-state index in [1.54, 1.807) is 14.1 Å². The Balaban J connectivity index is 0.00000154. The number of carbonyl (C=O) groups is 2. The van der Waals surface area contributed by atoms with Crippen molar-refractivity contribution >= 4 is 18.0 Å². The average molecular weight is 264 g/mol. The summed E-state index contributed by atoms with van der Waals surface area (Å²) in [4.78, 5) is 25.5. The van der Waals surface area contributed by atoms with Crippen LogP contribution >= 0.6 is 0 Å². The molecule has 4 heteroatoms. The first-order valence-electron chi connectivity index (χ1n) is 6.45. The fourth-order valence-corrected chi connectivity index (χ4v) is 1.38. The minimum Gasteiger partial charge on any atom is -0.347 e. The number of anilines is 1. The van der Waals surface area contributed by atoms with Crippen molar-refractivity contribution in [2.75, 3.05) is 25.5 Å². The van der Waals surface area contributed by atoms with Crippen molar-refractivity contribution in [3.8, 4) is 0 Å². The Morgan fingerprint density at radius 1 is 1.16 bits per heavy atom. The van der Waals surface area contributed by atoms with Gasteiger partial charge in [-0.05, 0) is 37.1 Å². The molecule has 19 heavy (non-hydrogen) atoms. The first-order chi connectivity index (χ1) is 8.95. The number of aryl methyl sites for hydroxylation is 2. The Labute approximate surface area is 116 Å². The van der Waals surface area contributed by atoms with Crippen LogP contribution in [0.1, 0.15) is 25.0 Å². The van der Waals surface area contributed by atoms with Crippen LogP contribution < -0.4 is 4.90 Å². The molecule has 0 saturated heterocycles. The highest BCUT2D eigenvalue weighted by Gasteiger charge is 2.12. The topological polar surface area (TPSA) is 40.6 Å². The minimum absolute atomic E-state index is 0.0685. The van der Waals surface area contributed by atoms with E-state index in [0.717, 1.165) is 11.3 Å². The highest BCUT2D eigenvalue weighted by atomic mass is 16.2. The van der Waals surface area contributed by atoms with Gasteiger partial charge in [-0.3, -0.25) is 9.59 Å². The molecule has 0 fully saturated rings. The SMILES string of the molecule is CC.Cc1ccc(N(C=O)CC(=O)N(C)C)cc1C. The van der Waals surface area contributed by atoms with Crippen LogP contribution in [0.15, 0.2) is 18.2 Å². The van der Waals surface area contributed by atoms with E-state index in [1.807, 2.05) is 45.9 Å². The Kier molecular flexibility index (Phi) is 7.49. The number of hydrogen-bond donors (Lipinski definition) is 0. The summed E-state index contributed by atoms with van der Waals surface area (Å²) in [5.41, 5.74) is 3.02. The van der Waals surface area contributed by atoms with Crippen molar-refractivity contribution in [3.05, 3.63) is 29.3 Å². The molecule has 0 atom stereocenters. The number of rotatable bonds is 4. The summed E-state index contributed by atoms with van der Waals surface area (Å²) in [6.45, 7) is 8.06. The van der Waals surface area contributed by atoms with Crippen molar-refractivity contribution in [2.24, 2.45) is 0 Å². The van der Waals surface area contributed by atoms with Gasteiger partial charge in [-0.1, -0.05) is 19.9 Å². The molecule has 0 heterocycles. The lowest BCUT2D eigenvalue weighted by atomic mass is 10.1. The van der Waals surface area contributed by atoms with Crippen LogP contribution in [0.3, 0.4) is 0 Å². The van der Waals surface area contributed by atoms with Gasteiger partial charge in [0.2, 0.25) is 12.3 Å². The van der Waals surface area contributed by atoms with Crippen molar-refractivity contribution < 1.29 is 9.59 Å². The van der Waals surface area contributed by atoms with E-state index >= 15 is 0 Å². The molecule has 0 unspecified atom stereocenters. The molecule has 0 bridgehead atoms. The standard InChI is InChI=1S/C13H18N2O2.C2H6/c1-10-5-6-12(7-11(10)2)15(9-16)8-13(17)14(3)4;1-2/h5-7,9H,8H2,1-4H3;1-2H3. The van der Waals surface area contributed by atoms with E-state index in [4.69, 9.17) is 0 Å². The van der Waals surface area contributed by atoms with Crippen molar-refractivity contribution in [1.82, 2.24) is 4.90 Å². The van der Waals surface area contributed by atoms with Crippen LogP contribution in [0.25, 0.3) is 0 Å². The number of benzene rings is 1. The first kappa shape index (κ1) is 17.2. The lowest BCUT2D eigenvalue weighted by Gasteiger charge is -2.20. The van der Waals surface area contributed by atoms with Crippen LogP contribution in [0, 0.1) is 13.8 Å². The summed E-state index contributed by atoms with van der Waals surface area (Å²) in [7, 11) is 3.34. The molecule has 106 valence electrons. The van der Waals surface area contributed by atoms with E-state index in [9.17, 15) is 9.59 Å². The monoisotopic (exact) mass is 264 g/mol. The maximum absolute atomic E-state index is 11.6. The van der Waals surface area contributed by atoms with Gasteiger partial charge in [0, 0.05) is 19.8 Å². The quantitative estimate of drug-likeness (QED) is 0.783. The lowest BCUT2D eigenvalue weighted by Crippen LogP contribution is -2.35. The van der Waals surface area contributed by atoms with Gasteiger partial charge in [-0.25, -0.2) is 0 Å². The molecule has 0 aliphatic heterocycles. The van der Waals surface area contributed by atoms with Gasteiger partial charge in [-0.2, -0.15) is 0 Å². The van der Waals surface area contributed by atoms with Gasteiger partial charge < -0.3 is 9.80 Å². The maximum Gasteiger partial charge on any atom is 0.242 e. The highest BCUT2D eigenvalue weighted by Crippen LogP contribution is 2.17. The Morgan fingerprint density at radius 3 is 2.16 bits per heavy atom. The van der Waals surface area contributed by atoms with Gasteiger partial charge in [0.25, 0.3) is 0 Å². The molecule has 0 aromatic heterocycles. The van der Waals surface area contributed by atoms with Crippen LogP contribution in [0.2, 0.25) is 0 Å². The molecule has 0 radical (unpaired) electrons. The van der Waals surface area contributed by atoms with Gasteiger partial charge in [-0.15, -0.1) is 0 Å². The van der Waals surface area contributed by atoms with Crippen LogP contribution in [-0.4, -0.2) is 37.9 Å². The van der Waals surface area contributed by atoms with Crippen LogP contribution in [0.4, 0.5) is 5.69 Å². The van der Waals surface area contributed by atoms with Crippen LogP contribution in [0.5, 0.6) is 0 Å². The molecule has 0 spiro atoms. The third-order valence-electron chi connectivity index (χ3n) is 2.75. The second kappa shape index (κ2) is 8.29. The van der Waals surface area contributed by atoms with E-state index in [1.165, 1.54) is 15.4 Å². The van der Waals surface area contributed by atoms with Crippen molar-refractivity contribution in [3.63, 3.8) is 0 Å². The molecule has 0 aliphatic rings. The smallest absolute Gasteiger partial charge is 0.242 e. The zero-order valence-electron chi connectivity index (χ0n) is 12.7. The molecule has 4 nitrogen and oxygen atoms in total. The fraction of sp³-hybridized carbons (Fsp3) is 0.467. The summed E-state index contributed by atoms with van der Waals surface area (Å²) in [5, 5.41) is 0. The van der Waals surface area contributed by atoms with Crippen LogP contribution in [-0.2, 0) is 9.59 Å². The Hall–Kier alpha value is -1.84. The summed E-state index contributed by atoms with van der Waals surface area (Å²) >= 11 is 0. The van der Waals surface area contributed by atoms with E-state index < -0.39 is 0 Å². The highest BCUT2D eigenvalue weighted by molar-refractivity contribution is 5.88. The number of likely N-dealkylation sites (N-methyl/N-ethyl adjacent to an activating group) is 1. The summed E-state index contributed by atoms with van der Waals surface area (Å²) in [6.07, 6.45) is 0.686. The largest absolute Gasteiger partial charge is 0.347 e. The lowest BCUT2D eigenvalue weighted by molar-refractivity contribution is -0.128. The number of nitrogens with zero attached hydrogens (tertiary/aromatic N) is 2. The fourth-order valence-electron chi connectivity index (χ4n) is 1.38. The van der Waals surface area contributed by atoms with E-state index in [0.29, 0.717) is 6.41 Å². The number of amides is 2. The van der Waals surface area contributed by atoms with E-state index in [-0.39, 0.29) is 12.5 Å². The molecular weight excluding hydrogens is 240 g/mol. The number of hydrogen-bond acceptors (Lipinski definition) is 2. The van der Waals surface area contributed by atoms with Crippen molar-refractivity contribution in [2.45, 2.75) is 27.7 Å². The first-order valence-corrected chi connectivity index (χ1v) is 6.45. The van der Waals surface area contributed by atoms with Gasteiger partial charge in [0.05, 0.1) is 0 Å². The second-order valence-electron chi connectivity index (χ2n) is 4.29. The molecule has 0 saturated carbocycles. The maximum atomic E-state index is 11.6. The van der Waals surface area contributed by atoms with Gasteiger partial charge in [0.1, 0.15) is 6.54 Å². The second-order valence-corrected chi connectivity index (χ2v) is 4.29. The minimum atomic E-state index is -0.102. The van der Waals surface area contributed by atoms with Gasteiger partial charge in [0.15, 0.2) is 0 Å². The predicted molar refractivity (Wildman–Crippen MR) is 79.4 cm³/mol. The van der Waals surface area contributed by atoms with Gasteiger partial charge >= 0.3 is 0 Å². The number of carbonyl (C=O) groups excluding carboxylic acids is 2. The normalized spacial score (nSPS) is 9.16. The summed E-state index contributed by atoms with van der Waals surface area (Å²) < 4.78 is 0. The third-order valence-corrected chi connectivity index (χ3v) is 2.75. The molecule has 0 N–H and O–H groups in total. The predicted octanol–water partition coefficient (Wildman–Crippen LogP) is 2.38. The molecule has 1 aromatic carbocycles. The summed E-state index contributed by atoms with van der Waals surface area (Å²) in [6, 6.07) is 5.70. The Morgan fingerprint density at radius 2 is 1.74 bits per heavy atom. The Bertz CT molecular complexity index is 428. The molecule has 0 aliphatic carbocycles. The zero-order valence-corrected chi connectivity index (χ0v) is 12.7. The average Bonchev–Trinajstić information content (AvgIpc) is 2.41. The summed E-state index contributed by atoms with van der Waals surface area (Å²) in [5.74, 6) is -0.102. The zero-order chi connectivity index (χ0) is 15.0. The third kappa shape index (κ3) is 5.12. The molecule has 1 aromatic rings. The van der Waals surface area contributed by atoms with E-state index in [2.05, 4.69) is 0 Å². The van der Waals surface area contributed by atoms with Crippen molar-refractivity contribution in [1.29, 1.82) is 0 Å².